The maximum atomic E-state index is 12.4. The Morgan fingerprint density at radius 2 is 0.518 bits per heavy atom. The Labute approximate surface area is 515 Å². The molecule has 5 nitrogen and oxygen atoms in total. The van der Waals surface area contributed by atoms with Crippen molar-refractivity contribution < 1.29 is 24.2 Å². The first kappa shape index (κ1) is 79.3. The molecule has 0 saturated heterocycles. The van der Waals surface area contributed by atoms with Crippen LogP contribution in [0.4, 0.5) is 0 Å². The van der Waals surface area contributed by atoms with E-state index in [0.717, 1.165) is 109 Å². The number of allylic oxidation sites excluding steroid dienone is 20. The molecule has 0 aromatic heterocycles. The first-order valence-corrected chi connectivity index (χ1v) is 35.6. The predicted molar refractivity (Wildman–Crippen MR) is 366 cm³/mol. The molecule has 0 fully saturated rings. The average Bonchev–Trinajstić information content (AvgIpc) is 3.49. The molecular weight excluding hydrogens is 1020 g/mol. The number of esters is 2. The summed E-state index contributed by atoms with van der Waals surface area (Å²) in [4.78, 5) is 24.7. The maximum Gasteiger partial charge on any atom is 0.306 e. The molecule has 0 aliphatic carbocycles. The smallest absolute Gasteiger partial charge is 0.306 e. The van der Waals surface area contributed by atoms with E-state index in [1.165, 1.54) is 205 Å². The van der Waals surface area contributed by atoms with Crippen molar-refractivity contribution in [3.8, 4) is 0 Å². The molecule has 0 aromatic rings. The Morgan fingerprint density at radius 3 is 0.783 bits per heavy atom. The lowest BCUT2D eigenvalue weighted by molar-refractivity contribution is -0.161. The van der Waals surface area contributed by atoms with Crippen molar-refractivity contribution in [2.24, 2.45) is 0 Å². The van der Waals surface area contributed by atoms with Gasteiger partial charge in [-0.1, -0.05) is 360 Å². The van der Waals surface area contributed by atoms with Gasteiger partial charge in [0.05, 0.1) is 6.61 Å². The summed E-state index contributed by atoms with van der Waals surface area (Å²) < 4.78 is 10.7. The molecule has 1 atom stereocenters. The van der Waals surface area contributed by atoms with E-state index in [1.54, 1.807) is 0 Å². The minimum Gasteiger partial charge on any atom is -0.462 e. The van der Waals surface area contributed by atoms with Crippen LogP contribution in [0, 0.1) is 0 Å². The zero-order chi connectivity index (χ0) is 59.8. The fraction of sp³-hybridized carbons (Fsp3) is 0.718. The highest BCUT2D eigenvalue weighted by Crippen LogP contribution is 2.18. The van der Waals surface area contributed by atoms with Gasteiger partial charge in [0.1, 0.15) is 6.61 Å². The van der Waals surface area contributed by atoms with Crippen molar-refractivity contribution in [1.82, 2.24) is 0 Å². The van der Waals surface area contributed by atoms with Gasteiger partial charge < -0.3 is 14.6 Å². The van der Waals surface area contributed by atoms with Crippen molar-refractivity contribution in [3.05, 3.63) is 122 Å². The maximum absolute atomic E-state index is 12.4. The number of hydrogen-bond acceptors (Lipinski definition) is 5. The molecule has 0 aromatic carbocycles. The molecule has 0 aliphatic rings. The van der Waals surface area contributed by atoms with Gasteiger partial charge in [0, 0.05) is 12.8 Å². The molecule has 1 unspecified atom stereocenters. The van der Waals surface area contributed by atoms with Crippen molar-refractivity contribution in [2.75, 3.05) is 13.2 Å². The van der Waals surface area contributed by atoms with Gasteiger partial charge in [0.25, 0.3) is 0 Å². The standard InChI is InChI=1S/C78H134O5/c1-3-5-7-9-11-13-15-17-19-21-23-25-27-29-31-33-35-37-38-39-40-41-43-45-47-49-51-53-55-57-59-61-63-65-67-69-71-73-78(81)83-76(74-79)75-82-77(80)72-70-68-66-64-62-60-58-56-54-52-50-48-46-44-42-36-34-32-30-28-26-24-22-20-18-16-14-12-10-8-6-4-2/h5,7,11,13,17,19,23,25,29,31,35,37,39-40,43,45,49,51,55,57,76,79H,3-4,6,8-10,12,14-16,18,20-22,24,26-28,30,32-34,36,38,41-42,44,46-48,50,52-54,56,58-75H2,1-2H3/b7-5-,13-11-,19-17-,25-23-,31-29-,37-35-,40-39-,45-43-,51-49-,57-55-. The van der Waals surface area contributed by atoms with Crippen LogP contribution in [0.3, 0.4) is 0 Å². The lowest BCUT2D eigenvalue weighted by Gasteiger charge is -2.15. The topological polar surface area (TPSA) is 72.8 Å². The van der Waals surface area contributed by atoms with Gasteiger partial charge in [-0.05, 0) is 89.9 Å². The Kier molecular flexibility index (Phi) is 69.3. The highest BCUT2D eigenvalue weighted by molar-refractivity contribution is 5.70. The van der Waals surface area contributed by atoms with Crippen molar-refractivity contribution in [2.45, 2.75) is 347 Å². The Bertz CT molecular complexity index is 1640. The normalized spacial score (nSPS) is 13.0. The Morgan fingerprint density at radius 1 is 0.289 bits per heavy atom. The first-order valence-electron chi connectivity index (χ1n) is 35.6. The van der Waals surface area contributed by atoms with Crippen LogP contribution in [0.2, 0.25) is 0 Å². The SMILES string of the molecule is CC/C=C\C/C=C\C/C=C\C/C=C\C/C=C\C/C=C\C/C=C\C/C=C\C/C=C\C/C=C\CCCCCCCCC(=O)OC(CO)COC(=O)CCCCCCCCCCCCCCCCCCCCCCCCCCCCCCCCCC. The summed E-state index contributed by atoms with van der Waals surface area (Å²) in [7, 11) is 0. The van der Waals surface area contributed by atoms with Crippen LogP contribution in [-0.4, -0.2) is 36.4 Å². The average molecular weight is 1150 g/mol. The fourth-order valence-corrected chi connectivity index (χ4v) is 10.2. The second-order valence-corrected chi connectivity index (χ2v) is 23.6. The molecular formula is C78H134O5. The van der Waals surface area contributed by atoms with Gasteiger partial charge in [-0.3, -0.25) is 9.59 Å². The van der Waals surface area contributed by atoms with Gasteiger partial charge in [-0.25, -0.2) is 0 Å². The number of ether oxygens (including phenoxy) is 2. The zero-order valence-electron chi connectivity index (χ0n) is 54.7. The lowest BCUT2D eigenvalue weighted by atomic mass is 10.0. The third-order valence-electron chi connectivity index (χ3n) is 15.5. The molecule has 0 amide bonds. The van der Waals surface area contributed by atoms with E-state index in [9.17, 15) is 14.7 Å². The number of unbranched alkanes of at least 4 members (excludes halogenated alkanes) is 37. The fourth-order valence-electron chi connectivity index (χ4n) is 10.2. The molecule has 5 heteroatoms. The number of carbonyl (C=O) groups is 2. The zero-order valence-corrected chi connectivity index (χ0v) is 54.7. The quantitative estimate of drug-likeness (QED) is 0.0373. The van der Waals surface area contributed by atoms with E-state index in [1.807, 2.05) is 0 Å². The number of carbonyl (C=O) groups excluding carboxylic acids is 2. The third-order valence-corrected chi connectivity index (χ3v) is 15.5. The minimum atomic E-state index is -0.788. The van der Waals surface area contributed by atoms with Gasteiger partial charge in [-0.15, -0.1) is 0 Å². The van der Waals surface area contributed by atoms with Crippen molar-refractivity contribution in [1.29, 1.82) is 0 Å². The molecule has 1 N–H and O–H groups in total. The second kappa shape index (κ2) is 72.6. The van der Waals surface area contributed by atoms with Crippen LogP contribution in [0.15, 0.2) is 122 Å². The molecule has 0 saturated carbocycles. The summed E-state index contributed by atoms with van der Waals surface area (Å²) in [6.07, 6.45) is 107. The molecule has 0 spiro atoms. The Balaban J connectivity index is 3.52. The van der Waals surface area contributed by atoms with Gasteiger partial charge in [0.15, 0.2) is 6.10 Å². The van der Waals surface area contributed by atoms with E-state index >= 15 is 0 Å². The molecule has 0 bridgehead atoms. The minimum absolute atomic E-state index is 0.0749. The number of rotatable bonds is 65. The summed E-state index contributed by atoms with van der Waals surface area (Å²) >= 11 is 0. The summed E-state index contributed by atoms with van der Waals surface area (Å²) in [5, 5.41) is 9.70. The first-order chi connectivity index (χ1) is 41.1. The summed E-state index contributed by atoms with van der Waals surface area (Å²) in [6.45, 7) is 4.05. The third kappa shape index (κ3) is 70.7. The highest BCUT2D eigenvalue weighted by atomic mass is 16.6. The second-order valence-electron chi connectivity index (χ2n) is 23.6. The van der Waals surface area contributed by atoms with E-state index in [2.05, 4.69) is 135 Å². The number of aliphatic hydroxyl groups is 1. The molecule has 476 valence electrons. The van der Waals surface area contributed by atoms with Gasteiger partial charge >= 0.3 is 11.9 Å². The molecule has 0 heterocycles. The molecule has 83 heavy (non-hydrogen) atoms. The Hall–Kier alpha value is -3.70. The van der Waals surface area contributed by atoms with Gasteiger partial charge in [-0.2, -0.15) is 0 Å². The van der Waals surface area contributed by atoms with Crippen LogP contribution in [-0.2, 0) is 19.1 Å². The van der Waals surface area contributed by atoms with E-state index < -0.39 is 6.10 Å². The number of hydrogen-bond donors (Lipinski definition) is 1. The molecule has 0 rings (SSSR count). The van der Waals surface area contributed by atoms with Crippen LogP contribution in [0.25, 0.3) is 0 Å². The monoisotopic (exact) mass is 1150 g/mol. The van der Waals surface area contributed by atoms with Gasteiger partial charge in [0.2, 0.25) is 0 Å². The lowest BCUT2D eigenvalue weighted by Crippen LogP contribution is -2.28. The van der Waals surface area contributed by atoms with Crippen LogP contribution in [0.5, 0.6) is 0 Å². The van der Waals surface area contributed by atoms with Crippen LogP contribution >= 0.6 is 0 Å². The molecule has 0 radical (unpaired) electrons. The van der Waals surface area contributed by atoms with E-state index in [-0.39, 0.29) is 25.2 Å². The highest BCUT2D eigenvalue weighted by Gasteiger charge is 2.16. The summed E-state index contributed by atoms with van der Waals surface area (Å²) in [5.74, 6) is -0.600. The van der Waals surface area contributed by atoms with Crippen molar-refractivity contribution in [3.63, 3.8) is 0 Å². The van der Waals surface area contributed by atoms with Crippen LogP contribution in [0.1, 0.15) is 341 Å². The largest absolute Gasteiger partial charge is 0.462 e. The van der Waals surface area contributed by atoms with Crippen LogP contribution < -0.4 is 0 Å². The summed E-state index contributed by atoms with van der Waals surface area (Å²) in [5.41, 5.74) is 0. The van der Waals surface area contributed by atoms with Crippen molar-refractivity contribution >= 4 is 11.9 Å². The predicted octanol–water partition coefficient (Wildman–Crippen LogP) is 24.9. The van der Waals surface area contributed by atoms with E-state index in [0.29, 0.717) is 12.8 Å². The van der Waals surface area contributed by atoms with E-state index in [4.69, 9.17) is 9.47 Å². The molecule has 0 aliphatic heterocycles. The number of aliphatic hydroxyl groups excluding tert-OH is 1. The summed E-state index contributed by atoms with van der Waals surface area (Å²) in [6, 6.07) is 0.